The van der Waals surface area contributed by atoms with Crippen LogP contribution in [0, 0.1) is 0 Å². The average Bonchev–Trinajstić information content (AvgIpc) is 2.99. The zero-order chi connectivity index (χ0) is 17.8. The maximum absolute atomic E-state index is 12.3. The van der Waals surface area contributed by atoms with Crippen LogP contribution in [0.4, 0.5) is 16.3 Å². The lowest BCUT2D eigenvalue weighted by molar-refractivity contribution is 0.224. The summed E-state index contributed by atoms with van der Waals surface area (Å²) in [6.45, 7) is 2.51. The molecule has 0 aliphatic rings. The number of urea groups is 1. The number of para-hydroxylation sites is 1. The molecule has 1 aromatic heterocycles. The van der Waals surface area contributed by atoms with Crippen LogP contribution in [0.3, 0.4) is 0 Å². The number of hydrogen-bond donors (Lipinski definition) is 2. The molecule has 0 aliphatic heterocycles. The van der Waals surface area contributed by atoms with E-state index in [9.17, 15) is 4.79 Å². The van der Waals surface area contributed by atoms with Crippen molar-refractivity contribution in [3.8, 4) is 16.9 Å². The van der Waals surface area contributed by atoms with Crippen molar-refractivity contribution in [3.05, 3.63) is 60.7 Å². The van der Waals surface area contributed by atoms with E-state index < -0.39 is 0 Å². The van der Waals surface area contributed by atoms with E-state index in [1.807, 2.05) is 67.6 Å². The first-order chi connectivity index (χ1) is 12.1. The van der Waals surface area contributed by atoms with Gasteiger partial charge in [0.05, 0.1) is 5.69 Å². The first kappa shape index (κ1) is 16.6. The summed E-state index contributed by atoms with van der Waals surface area (Å²) >= 11 is 0. The van der Waals surface area contributed by atoms with Gasteiger partial charge in [-0.3, -0.25) is 0 Å². The molecule has 2 amide bonds. The zero-order valence-corrected chi connectivity index (χ0v) is 14.3. The number of amides is 2. The van der Waals surface area contributed by atoms with Crippen molar-refractivity contribution in [3.63, 3.8) is 0 Å². The van der Waals surface area contributed by atoms with E-state index in [0.717, 1.165) is 11.3 Å². The molecule has 3 N–H and O–H groups in total. The van der Waals surface area contributed by atoms with E-state index in [2.05, 4.69) is 10.4 Å². The number of hydrogen-bond acceptors (Lipinski definition) is 3. The number of carbonyl (C=O) groups excluding carboxylic acids is 1. The highest BCUT2D eigenvalue weighted by atomic mass is 16.2. The van der Waals surface area contributed by atoms with Crippen LogP contribution in [0.15, 0.2) is 60.7 Å². The fourth-order valence-electron chi connectivity index (χ4n) is 2.46. The van der Waals surface area contributed by atoms with Crippen molar-refractivity contribution in [1.29, 1.82) is 0 Å². The molecule has 0 unspecified atom stereocenters. The van der Waals surface area contributed by atoms with Gasteiger partial charge in [0.25, 0.3) is 0 Å². The van der Waals surface area contributed by atoms with Gasteiger partial charge in [0, 0.05) is 19.2 Å². The summed E-state index contributed by atoms with van der Waals surface area (Å²) in [5.74, 6) is 0.392. The number of nitrogens with zero attached hydrogens (tertiary/aromatic N) is 3. The number of anilines is 2. The van der Waals surface area contributed by atoms with E-state index in [1.54, 1.807) is 16.6 Å². The maximum atomic E-state index is 12.3. The number of nitrogen functional groups attached to an aromatic ring is 1. The minimum atomic E-state index is -0.223. The molecule has 0 aliphatic carbocycles. The molecule has 6 nitrogen and oxygen atoms in total. The molecule has 0 saturated carbocycles. The third-order valence-corrected chi connectivity index (χ3v) is 4.02. The molecule has 3 aromatic rings. The second-order valence-electron chi connectivity index (χ2n) is 5.67. The SMILES string of the molecule is CCN(C)C(=O)Nc1c(-c2ccccc2)nn(-c2ccccc2)c1N. The molecule has 0 bridgehead atoms. The van der Waals surface area contributed by atoms with Crippen LogP contribution in [0.25, 0.3) is 16.9 Å². The number of nitrogens with one attached hydrogen (secondary N) is 1. The summed E-state index contributed by atoms with van der Waals surface area (Å²) in [6, 6.07) is 19.1. The minimum absolute atomic E-state index is 0.223. The number of carbonyl (C=O) groups is 1. The van der Waals surface area contributed by atoms with Crippen LogP contribution in [-0.2, 0) is 0 Å². The normalized spacial score (nSPS) is 10.5. The van der Waals surface area contributed by atoms with Crippen molar-refractivity contribution in [2.45, 2.75) is 6.92 Å². The molecular formula is C19H21N5O. The third-order valence-electron chi connectivity index (χ3n) is 4.02. The van der Waals surface area contributed by atoms with Gasteiger partial charge in [-0.25, -0.2) is 9.48 Å². The topological polar surface area (TPSA) is 76.2 Å². The Morgan fingerprint density at radius 3 is 2.32 bits per heavy atom. The van der Waals surface area contributed by atoms with Crippen LogP contribution in [0.5, 0.6) is 0 Å². The summed E-state index contributed by atoms with van der Waals surface area (Å²) in [6.07, 6.45) is 0. The number of benzene rings is 2. The summed E-state index contributed by atoms with van der Waals surface area (Å²) in [5, 5.41) is 7.54. The van der Waals surface area contributed by atoms with E-state index in [1.165, 1.54) is 0 Å². The van der Waals surface area contributed by atoms with Crippen LogP contribution in [0.1, 0.15) is 6.92 Å². The van der Waals surface area contributed by atoms with Crippen molar-refractivity contribution in [2.75, 3.05) is 24.6 Å². The predicted molar refractivity (Wildman–Crippen MR) is 101 cm³/mol. The molecule has 0 fully saturated rings. The molecular weight excluding hydrogens is 314 g/mol. The van der Waals surface area contributed by atoms with Gasteiger partial charge >= 0.3 is 6.03 Å². The Morgan fingerprint density at radius 1 is 1.12 bits per heavy atom. The number of aromatic nitrogens is 2. The Bertz CT molecular complexity index is 858. The molecule has 1 heterocycles. The van der Waals surface area contributed by atoms with E-state index in [0.29, 0.717) is 23.7 Å². The van der Waals surface area contributed by atoms with Gasteiger partial charge in [-0.1, -0.05) is 48.5 Å². The van der Waals surface area contributed by atoms with Crippen LogP contribution in [0.2, 0.25) is 0 Å². The van der Waals surface area contributed by atoms with Gasteiger partial charge in [-0.2, -0.15) is 5.10 Å². The summed E-state index contributed by atoms with van der Waals surface area (Å²) in [7, 11) is 1.73. The highest BCUT2D eigenvalue weighted by Gasteiger charge is 2.21. The number of nitrogens with two attached hydrogens (primary N) is 1. The fraction of sp³-hybridized carbons (Fsp3) is 0.158. The smallest absolute Gasteiger partial charge is 0.321 e. The minimum Gasteiger partial charge on any atom is -0.382 e. The lowest BCUT2D eigenvalue weighted by Crippen LogP contribution is -2.31. The van der Waals surface area contributed by atoms with Crippen molar-refractivity contribution in [2.24, 2.45) is 0 Å². The second kappa shape index (κ2) is 7.09. The molecule has 128 valence electrons. The van der Waals surface area contributed by atoms with Gasteiger partial charge in [-0.15, -0.1) is 0 Å². The quantitative estimate of drug-likeness (QED) is 0.765. The average molecular weight is 335 g/mol. The predicted octanol–water partition coefficient (Wildman–Crippen LogP) is 3.61. The summed E-state index contributed by atoms with van der Waals surface area (Å²) in [5.41, 5.74) is 9.21. The Labute approximate surface area is 146 Å². The maximum Gasteiger partial charge on any atom is 0.321 e. The van der Waals surface area contributed by atoms with E-state index in [4.69, 9.17) is 5.73 Å². The lowest BCUT2D eigenvalue weighted by Gasteiger charge is -2.16. The summed E-state index contributed by atoms with van der Waals surface area (Å²) in [4.78, 5) is 13.9. The van der Waals surface area contributed by atoms with E-state index in [-0.39, 0.29) is 6.03 Å². The molecule has 3 rings (SSSR count). The standard InChI is InChI=1S/C19H21N5O/c1-3-23(2)19(25)21-17-16(14-10-6-4-7-11-14)22-24(18(17)20)15-12-8-5-9-13-15/h4-13H,3,20H2,1-2H3,(H,21,25). The first-order valence-corrected chi connectivity index (χ1v) is 8.13. The van der Waals surface area contributed by atoms with Gasteiger partial charge in [0.15, 0.2) is 5.82 Å². The van der Waals surface area contributed by atoms with Crippen LogP contribution in [-0.4, -0.2) is 34.3 Å². The third kappa shape index (κ3) is 3.33. The summed E-state index contributed by atoms with van der Waals surface area (Å²) < 4.78 is 1.64. The monoisotopic (exact) mass is 335 g/mol. The molecule has 25 heavy (non-hydrogen) atoms. The Hall–Kier alpha value is -3.28. The van der Waals surface area contributed by atoms with Crippen molar-refractivity contribution in [1.82, 2.24) is 14.7 Å². The molecule has 0 atom stereocenters. The molecule has 0 spiro atoms. The Kier molecular flexibility index (Phi) is 4.70. The molecule has 6 heteroatoms. The fourth-order valence-corrected chi connectivity index (χ4v) is 2.46. The van der Waals surface area contributed by atoms with Gasteiger partial charge < -0.3 is 16.0 Å². The highest BCUT2D eigenvalue weighted by molar-refractivity contribution is 5.97. The number of rotatable bonds is 4. The molecule has 0 radical (unpaired) electrons. The van der Waals surface area contributed by atoms with Gasteiger partial charge in [-0.05, 0) is 19.1 Å². The molecule has 0 saturated heterocycles. The van der Waals surface area contributed by atoms with Crippen LogP contribution < -0.4 is 11.1 Å². The van der Waals surface area contributed by atoms with Gasteiger partial charge in [0.1, 0.15) is 11.4 Å². The Morgan fingerprint density at radius 2 is 1.72 bits per heavy atom. The van der Waals surface area contributed by atoms with Crippen LogP contribution >= 0.6 is 0 Å². The second-order valence-corrected chi connectivity index (χ2v) is 5.67. The zero-order valence-electron chi connectivity index (χ0n) is 14.3. The van der Waals surface area contributed by atoms with Crippen molar-refractivity contribution < 1.29 is 4.79 Å². The molecule has 2 aromatic carbocycles. The largest absolute Gasteiger partial charge is 0.382 e. The van der Waals surface area contributed by atoms with E-state index >= 15 is 0 Å². The highest BCUT2D eigenvalue weighted by Crippen LogP contribution is 2.34. The van der Waals surface area contributed by atoms with Gasteiger partial charge in [0.2, 0.25) is 0 Å². The van der Waals surface area contributed by atoms with Crippen molar-refractivity contribution >= 4 is 17.5 Å². The first-order valence-electron chi connectivity index (χ1n) is 8.13. The lowest BCUT2D eigenvalue weighted by atomic mass is 10.1. The Balaban J connectivity index is 2.11.